The van der Waals surface area contributed by atoms with Crippen LogP contribution in [0.3, 0.4) is 0 Å². The topological polar surface area (TPSA) is 82.5 Å². The van der Waals surface area contributed by atoms with Crippen molar-refractivity contribution in [1.29, 1.82) is 0 Å². The van der Waals surface area contributed by atoms with Crippen LogP contribution in [0.25, 0.3) is 10.9 Å². The van der Waals surface area contributed by atoms with Gasteiger partial charge in [0.05, 0.1) is 5.56 Å². The molecule has 0 saturated carbocycles. The number of aromatic hydroxyl groups is 1. The van der Waals surface area contributed by atoms with Crippen molar-refractivity contribution >= 4 is 16.9 Å². The first-order chi connectivity index (χ1) is 10.2. The van der Waals surface area contributed by atoms with Crippen LogP contribution < -0.4 is 4.74 Å². The molecular formula is C16H13NO4. The number of phenols is 1. The Labute approximate surface area is 120 Å². The summed E-state index contributed by atoms with van der Waals surface area (Å²) in [7, 11) is 0. The molecule has 0 radical (unpaired) electrons. The van der Waals surface area contributed by atoms with Crippen LogP contribution in [0, 0.1) is 0 Å². The summed E-state index contributed by atoms with van der Waals surface area (Å²) in [6.45, 7) is 0.169. The Bertz CT molecular complexity index is 807. The lowest BCUT2D eigenvalue weighted by molar-refractivity contribution is 0.0699. The van der Waals surface area contributed by atoms with Gasteiger partial charge in [0.25, 0.3) is 0 Å². The van der Waals surface area contributed by atoms with Crippen molar-refractivity contribution in [2.24, 2.45) is 0 Å². The zero-order valence-corrected chi connectivity index (χ0v) is 11.0. The number of nitrogens with one attached hydrogen (secondary N) is 1. The van der Waals surface area contributed by atoms with E-state index in [1.807, 2.05) is 6.07 Å². The van der Waals surface area contributed by atoms with Crippen LogP contribution in [0.4, 0.5) is 0 Å². The Morgan fingerprint density at radius 2 is 1.95 bits per heavy atom. The van der Waals surface area contributed by atoms with Crippen molar-refractivity contribution in [3.63, 3.8) is 0 Å². The minimum atomic E-state index is -0.982. The summed E-state index contributed by atoms with van der Waals surface area (Å²) in [6, 6.07) is 11.7. The number of benzene rings is 2. The average molecular weight is 283 g/mol. The third kappa shape index (κ3) is 2.41. The van der Waals surface area contributed by atoms with E-state index in [1.165, 1.54) is 6.07 Å². The summed E-state index contributed by atoms with van der Waals surface area (Å²) in [4.78, 5) is 14.3. The predicted octanol–water partition coefficient (Wildman–Crippen LogP) is 3.15. The van der Waals surface area contributed by atoms with Crippen molar-refractivity contribution in [2.45, 2.75) is 6.61 Å². The number of rotatable bonds is 4. The second kappa shape index (κ2) is 5.20. The average Bonchev–Trinajstić information content (AvgIpc) is 2.89. The van der Waals surface area contributed by atoms with E-state index in [0.29, 0.717) is 11.1 Å². The van der Waals surface area contributed by atoms with Gasteiger partial charge in [0.1, 0.15) is 6.61 Å². The van der Waals surface area contributed by atoms with E-state index in [4.69, 9.17) is 4.74 Å². The molecule has 1 heterocycles. The van der Waals surface area contributed by atoms with Gasteiger partial charge < -0.3 is 19.9 Å². The summed E-state index contributed by atoms with van der Waals surface area (Å²) in [5.41, 5.74) is 1.70. The predicted molar refractivity (Wildman–Crippen MR) is 77.7 cm³/mol. The molecule has 0 aliphatic rings. The van der Waals surface area contributed by atoms with Crippen molar-refractivity contribution in [3.05, 3.63) is 59.8 Å². The minimum absolute atomic E-state index is 0.0517. The number of fused-ring (bicyclic) bond motifs is 1. The molecule has 0 bridgehead atoms. The zero-order chi connectivity index (χ0) is 14.8. The molecule has 0 atom stereocenters. The van der Waals surface area contributed by atoms with Crippen LogP contribution in [-0.4, -0.2) is 21.2 Å². The number of phenolic OH excluding ortho intramolecular Hbond substituents is 1. The lowest BCUT2D eigenvalue weighted by atomic mass is 10.1. The second-order valence-electron chi connectivity index (χ2n) is 4.60. The second-order valence-corrected chi connectivity index (χ2v) is 4.60. The molecular weight excluding hydrogens is 270 g/mol. The number of H-pyrrole nitrogens is 1. The van der Waals surface area contributed by atoms with Crippen LogP contribution in [0.5, 0.6) is 11.5 Å². The molecule has 2 aromatic carbocycles. The van der Waals surface area contributed by atoms with Crippen molar-refractivity contribution in [1.82, 2.24) is 4.98 Å². The molecule has 0 fully saturated rings. The molecule has 106 valence electrons. The molecule has 0 spiro atoms. The highest BCUT2D eigenvalue weighted by Crippen LogP contribution is 2.28. The Hall–Kier alpha value is -2.95. The monoisotopic (exact) mass is 283 g/mol. The van der Waals surface area contributed by atoms with Gasteiger partial charge in [0, 0.05) is 22.7 Å². The lowest BCUT2D eigenvalue weighted by Crippen LogP contribution is -2.00. The Morgan fingerprint density at radius 3 is 2.71 bits per heavy atom. The van der Waals surface area contributed by atoms with Crippen molar-refractivity contribution in [3.8, 4) is 11.5 Å². The highest BCUT2D eigenvalue weighted by molar-refractivity contribution is 6.04. The molecule has 5 nitrogen and oxygen atoms in total. The van der Waals surface area contributed by atoms with Gasteiger partial charge in [-0.05, 0) is 24.3 Å². The van der Waals surface area contributed by atoms with Gasteiger partial charge in [-0.3, -0.25) is 0 Å². The van der Waals surface area contributed by atoms with E-state index in [9.17, 15) is 15.0 Å². The van der Waals surface area contributed by atoms with E-state index in [0.717, 1.165) is 11.1 Å². The summed E-state index contributed by atoms with van der Waals surface area (Å²) in [6.07, 6.45) is 1.72. The van der Waals surface area contributed by atoms with Crippen LogP contribution >= 0.6 is 0 Å². The number of carbonyl (C=O) groups is 1. The van der Waals surface area contributed by atoms with Gasteiger partial charge in [-0.1, -0.05) is 18.2 Å². The maximum atomic E-state index is 11.3. The summed E-state index contributed by atoms with van der Waals surface area (Å²) in [5.74, 6) is -0.570. The van der Waals surface area contributed by atoms with Gasteiger partial charge in [-0.2, -0.15) is 0 Å². The van der Waals surface area contributed by atoms with Gasteiger partial charge >= 0.3 is 5.97 Å². The standard InChI is InChI=1S/C16H13NO4/c18-13-6-1-2-7-14(13)21-9-10-8-17-12-5-3-4-11(15(10)12)16(19)20/h1-8,17-18H,9H2,(H,19,20). The molecule has 3 N–H and O–H groups in total. The van der Waals surface area contributed by atoms with E-state index < -0.39 is 5.97 Å². The maximum absolute atomic E-state index is 11.3. The van der Waals surface area contributed by atoms with Crippen LogP contribution in [0.1, 0.15) is 15.9 Å². The van der Waals surface area contributed by atoms with Crippen molar-refractivity contribution < 1.29 is 19.7 Å². The van der Waals surface area contributed by atoms with E-state index in [2.05, 4.69) is 4.98 Å². The molecule has 5 heteroatoms. The molecule has 0 saturated heterocycles. The number of ether oxygens (including phenoxy) is 1. The molecule has 3 rings (SSSR count). The zero-order valence-electron chi connectivity index (χ0n) is 11.0. The number of para-hydroxylation sites is 2. The fourth-order valence-electron chi connectivity index (χ4n) is 2.28. The number of hydrogen-bond acceptors (Lipinski definition) is 3. The van der Waals surface area contributed by atoms with Gasteiger partial charge in [0.15, 0.2) is 11.5 Å². The van der Waals surface area contributed by atoms with Crippen molar-refractivity contribution in [2.75, 3.05) is 0 Å². The number of aromatic nitrogens is 1. The van der Waals surface area contributed by atoms with Gasteiger partial charge in [-0.25, -0.2) is 4.79 Å². The quantitative estimate of drug-likeness (QED) is 0.687. The molecule has 0 unspecified atom stereocenters. The summed E-state index contributed by atoms with van der Waals surface area (Å²) < 4.78 is 5.56. The van der Waals surface area contributed by atoms with E-state index >= 15 is 0 Å². The maximum Gasteiger partial charge on any atom is 0.336 e. The number of hydrogen-bond donors (Lipinski definition) is 3. The molecule has 0 aliphatic carbocycles. The molecule has 21 heavy (non-hydrogen) atoms. The van der Waals surface area contributed by atoms with E-state index in [-0.39, 0.29) is 17.9 Å². The summed E-state index contributed by atoms with van der Waals surface area (Å²) >= 11 is 0. The third-order valence-corrected chi connectivity index (χ3v) is 3.27. The Morgan fingerprint density at radius 1 is 1.14 bits per heavy atom. The highest BCUT2D eigenvalue weighted by atomic mass is 16.5. The molecule has 0 aliphatic heterocycles. The highest BCUT2D eigenvalue weighted by Gasteiger charge is 2.14. The third-order valence-electron chi connectivity index (χ3n) is 3.27. The largest absolute Gasteiger partial charge is 0.504 e. The van der Waals surface area contributed by atoms with Crippen LogP contribution in [-0.2, 0) is 6.61 Å². The van der Waals surface area contributed by atoms with Crippen LogP contribution in [0.15, 0.2) is 48.7 Å². The number of aromatic amines is 1. The van der Waals surface area contributed by atoms with Gasteiger partial charge in [-0.15, -0.1) is 0 Å². The summed E-state index contributed by atoms with van der Waals surface area (Å²) in [5, 5.41) is 19.6. The Kier molecular flexibility index (Phi) is 3.23. The number of aromatic carboxylic acids is 1. The number of carboxylic acids is 1. The van der Waals surface area contributed by atoms with Gasteiger partial charge in [0.2, 0.25) is 0 Å². The SMILES string of the molecule is O=C(O)c1cccc2[nH]cc(COc3ccccc3O)c12. The normalized spacial score (nSPS) is 10.7. The number of carboxylic acid groups (broad SMARTS) is 1. The fourth-order valence-corrected chi connectivity index (χ4v) is 2.28. The van der Waals surface area contributed by atoms with E-state index in [1.54, 1.807) is 36.5 Å². The van der Waals surface area contributed by atoms with Crippen LogP contribution in [0.2, 0.25) is 0 Å². The Balaban J connectivity index is 1.95. The lowest BCUT2D eigenvalue weighted by Gasteiger charge is -2.07. The smallest absolute Gasteiger partial charge is 0.336 e. The molecule has 1 aromatic heterocycles. The molecule has 3 aromatic rings. The first-order valence-corrected chi connectivity index (χ1v) is 6.40. The first-order valence-electron chi connectivity index (χ1n) is 6.40. The fraction of sp³-hybridized carbons (Fsp3) is 0.0625. The first kappa shape index (κ1) is 13.1. The minimum Gasteiger partial charge on any atom is -0.504 e. The molecule has 0 amide bonds.